The quantitative estimate of drug-likeness (QED) is 0.339. The Morgan fingerprint density at radius 2 is 1.73 bits per heavy atom. The highest BCUT2D eigenvalue weighted by molar-refractivity contribution is 5.74. The number of halogens is 3. The molecule has 0 radical (unpaired) electrons. The Morgan fingerprint density at radius 1 is 1.06 bits per heavy atom. The molecular formula is C23H35F3N2O5. The van der Waals surface area contributed by atoms with Gasteiger partial charge in [0.25, 0.3) is 0 Å². The van der Waals surface area contributed by atoms with Crippen LogP contribution < -0.4 is 10.1 Å². The van der Waals surface area contributed by atoms with Gasteiger partial charge in [0.05, 0.1) is 6.54 Å². The summed E-state index contributed by atoms with van der Waals surface area (Å²) in [7, 11) is 0. The van der Waals surface area contributed by atoms with Crippen molar-refractivity contribution in [2.45, 2.75) is 64.7 Å². The van der Waals surface area contributed by atoms with Crippen LogP contribution in [0.2, 0.25) is 0 Å². The zero-order valence-corrected chi connectivity index (χ0v) is 19.3. The molecule has 0 spiro atoms. The van der Waals surface area contributed by atoms with Gasteiger partial charge < -0.3 is 24.8 Å². The third-order valence-corrected chi connectivity index (χ3v) is 4.88. The van der Waals surface area contributed by atoms with Gasteiger partial charge in [-0.25, -0.2) is 9.59 Å². The third kappa shape index (κ3) is 13.0. The Hall–Kier alpha value is -2.49. The van der Waals surface area contributed by atoms with Crippen molar-refractivity contribution < 1.29 is 37.3 Å². The van der Waals surface area contributed by atoms with Crippen LogP contribution in [-0.2, 0) is 16.0 Å². The molecule has 33 heavy (non-hydrogen) atoms. The average Bonchev–Trinajstić information content (AvgIpc) is 2.76. The van der Waals surface area contributed by atoms with E-state index >= 15 is 0 Å². The van der Waals surface area contributed by atoms with Crippen LogP contribution in [0.15, 0.2) is 24.3 Å². The van der Waals surface area contributed by atoms with Gasteiger partial charge in [-0.3, -0.25) is 0 Å². The Kier molecular flexibility index (Phi) is 13.3. The second-order valence-corrected chi connectivity index (χ2v) is 7.65. The number of urea groups is 1. The fourth-order valence-electron chi connectivity index (χ4n) is 3.14. The van der Waals surface area contributed by atoms with Crippen LogP contribution >= 0.6 is 0 Å². The molecule has 2 N–H and O–H groups in total. The van der Waals surface area contributed by atoms with Crippen molar-refractivity contribution in [2.24, 2.45) is 0 Å². The van der Waals surface area contributed by atoms with Gasteiger partial charge in [0.2, 0.25) is 0 Å². The summed E-state index contributed by atoms with van der Waals surface area (Å²) in [6.07, 6.45) is -0.400. The number of carbonyl (C=O) groups excluding carboxylic acids is 1. The number of aliphatic carboxylic acids is 1. The second kappa shape index (κ2) is 15.4. The summed E-state index contributed by atoms with van der Waals surface area (Å²) in [5, 5.41) is 11.1. The predicted molar refractivity (Wildman–Crippen MR) is 118 cm³/mol. The van der Waals surface area contributed by atoms with Gasteiger partial charge >= 0.3 is 18.2 Å². The number of alkyl halides is 3. The Morgan fingerprint density at radius 3 is 2.30 bits per heavy atom. The zero-order chi connectivity index (χ0) is 24.7. The maximum absolute atomic E-state index is 12.4. The molecule has 1 atom stereocenters. The fourth-order valence-corrected chi connectivity index (χ4v) is 3.14. The summed E-state index contributed by atoms with van der Waals surface area (Å²) >= 11 is 0. The number of amides is 2. The van der Waals surface area contributed by atoms with Gasteiger partial charge in [-0.15, -0.1) is 0 Å². The molecule has 0 aromatic heterocycles. The highest BCUT2D eigenvalue weighted by Gasteiger charge is 2.28. The van der Waals surface area contributed by atoms with E-state index in [0.717, 1.165) is 31.2 Å². The number of carbonyl (C=O) groups is 2. The summed E-state index contributed by atoms with van der Waals surface area (Å²) in [5.41, 5.74) is 0.767. The van der Waals surface area contributed by atoms with Crippen LogP contribution in [0.4, 0.5) is 18.0 Å². The lowest BCUT2D eigenvalue weighted by molar-refractivity contribution is -0.150. The minimum atomic E-state index is -4.47. The maximum atomic E-state index is 12.4. The average molecular weight is 477 g/mol. The third-order valence-electron chi connectivity index (χ3n) is 4.88. The van der Waals surface area contributed by atoms with E-state index in [0.29, 0.717) is 25.3 Å². The smallest absolute Gasteiger partial charge is 0.405 e. The molecule has 1 rings (SSSR count). The van der Waals surface area contributed by atoms with Gasteiger partial charge in [0, 0.05) is 19.6 Å². The Labute approximate surface area is 193 Å². The molecule has 1 unspecified atom stereocenters. The molecule has 0 saturated heterocycles. The number of hydrogen-bond donors (Lipinski definition) is 2. The van der Waals surface area contributed by atoms with Crippen molar-refractivity contribution in [3.05, 3.63) is 29.8 Å². The first-order valence-corrected chi connectivity index (χ1v) is 11.3. The topological polar surface area (TPSA) is 88.1 Å². The summed E-state index contributed by atoms with van der Waals surface area (Å²) < 4.78 is 48.2. The molecule has 0 aliphatic rings. The SMILES string of the molecule is CCCCCCCN(CCOc1ccc(CC(OCC)C(=O)O)cc1)C(=O)NCC(F)(F)F. The number of hydrogen-bond acceptors (Lipinski definition) is 4. The molecule has 1 aromatic rings. The largest absolute Gasteiger partial charge is 0.492 e. The zero-order valence-electron chi connectivity index (χ0n) is 19.3. The summed E-state index contributed by atoms with van der Waals surface area (Å²) in [4.78, 5) is 24.7. The van der Waals surface area contributed by atoms with E-state index in [1.807, 2.05) is 5.32 Å². The first-order chi connectivity index (χ1) is 15.7. The van der Waals surface area contributed by atoms with Crippen molar-refractivity contribution in [1.82, 2.24) is 10.2 Å². The normalized spacial score (nSPS) is 12.3. The van der Waals surface area contributed by atoms with Crippen LogP contribution in [-0.4, -0.2) is 67.1 Å². The van der Waals surface area contributed by atoms with E-state index in [2.05, 4.69) is 6.92 Å². The standard InChI is InChI=1S/C23H35F3N2O5/c1-3-5-6-7-8-13-28(22(31)27-17-23(24,25)26)14-15-33-19-11-9-18(10-12-19)16-20(21(29)30)32-4-2/h9-12,20H,3-8,13-17H2,1-2H3,(H,27,31)(H,29,30). The number of carboxylic acid groups (broad SMARTS) is 1. The molecule has 0 aliphatic carbocycles. The Balaban J connectivity index is 2.57. The van der Waals surface area contributed by atoms with Crippen molar-refractivity contribution >= 4 is 12.0 Å². The number of unbranched alkanes of at least 4 members (excludes halogenated alkanes) is 4. The van der Waals surface area contributed by atoms with E-state index in [1.165, 1.54) is 4.90 Å². The van der Waals surface area contributed by atoms with Crippen molar-refractivity contribution in [3.8, 4) is 5.75 Å². The molecule has 0 bridgehead atoms. The van der Waals surface area contributed by atoms with Gasteiger partial charge in [0.15, 0.2) is 6.10 Å². The molecule has 1 aromatic carbocycles. The molecule has 0 fully saturated rings. The van der Waals surface area contributed by atoms with E-state index in [9.17, 15) is 27.9 Å². The summed E-state index contributed by atoms with van der Waals surface area (Å²) in [6.45, 7) is 3.34. The van der Waals surface area contributed by atoms with Gasteiger partial charge in [0.1, 0.15) is 18.9 Å². The lowest BCUT2D eigenvalue weighted by Gasteiger charge is -2.23. The highest BCUT2D eigenvalue weighted by atomic mass is 19.4. The molecule has 188 valence electrons. The molecule has 0 saturated carbocycles. The molecule has 2 amide bonds. The highest BCUT2D eigenvalue weighted by Crippen LogP contribution is 2.15. The minimum absolute atomic E-state index is 0.116. The van der Waals surface area contributed by atoms with Gasteiger partial charge in [-0.2, -0.15) is 13.2 Å². The van der Waals surface area contributed by atoms with Crippen molar-refractivity contribution in [3.63, 3.8) is 0 Å². The van der Waals surface area contributed by atoms with Crippen molar-refractivity contribution in [2.75, 3.05) is 32.8 Å². The van der Waals surface area contributed by atoms with Crippen molar-refractivity contribution in [1.29, 1.82) is 0 Å². The van der Waals surface area contributed by atoms with Gasteiger partial charge in [-0.05, 0) is 31.0 Å². The number of nitrogens with zero attached hydrogens (tertiary/aromatic N) is 1. The molecule has 7 nitrogen and oxygen atoms in total. The van der Waals surface area contributed by atoms with Crippen LogP contribution in [0.25, 0.3) is 0 Å². The summed E-state index contributed by atoms with van der Waals surface area (Å²) in [5.74, 6) is -0.517. The second-order valence-electron chi connectivity index (χ2n) is 7.65. The van der Waals surface area contributed by atoms with E-state index < -0.39 is 30.8 Å². The van der Waals surface area contributed by atoms with Crippen LogP contribution in [0.1, 0.15) is 51.5 Å². The van der Waals surface area contributed by atoms with E-state index in [1.54, 1.807) is 31.2 Å². The molecular weight excluding hydrogens is 441 g/mol. The van der Waals surface area contributed by atoms with Crippen LogP contribution in [0.3, 0.4) is 0 Å². The number of nitrogens with one attached hydrogen (secondary N) is 1. The molecule has 0 heterocycles. The van der Waals surface area contributed by atoms with E-state index in [-0.39, 0.29) is 19.6 Å². The first-order valence-electron chi connectivity index (χ1n) is 11.3. The number of benzene rings is 1. The number of ether oxygens (including phenoxy) is 2. The predicted octanol–water partition coefficient (Wildman–Crippen LogP) is 4.64. The van der Waals surface area contributed by atoms with Gasteiger partial charge in [-0.1, -0.05) is 44.7 Å². The fraction of sp³-hybridized carbons (Fsp3) is 0.652. The van der Waals surface area contributed by atoms with E-state index in [4.69, 9.17) is 9.47 Å². The number of carboxylic acids is 1. The lowest BCUT2D eigenvalue weighted by Crippen LogP contribution is -2.45. The summed E-state index contributed by atoms with van der Waals surface area (Å²) in [6, 6.07) is 6.05. The molecule has 10 heteroatoms. The Bertz CT molecular complexity index is 698. The van der Waals surface area contributed by atoms with Crippen LogP contribution in [0.5, 0.6) is 5.75 Å². The maximum Gasteiger partial charge on any atom is 0.405 e. The monoisotopic (exact) mass is 476 g/mol. The lowest BCUT2D eigenvalue weighted by atomic mass is 10.1. The molecule has 0 aliphatic heterocycles. The number of rotatable bonds is 16. The first kappa shape index (κ1) is 28.5. The van der Waals surface area contributed by atoms with Crippen LogP contribution in [0, 0.1) is 0 Å². The minimum Gasteiger partial charge on any atom is -0.492 e.